The predicted molar refractivity (Wildman–Crippen MR) is 72.0 cm³/mol. The van der Waals surface area contributed by atoms with Crippen molar-refractivity contribution >= 4 is 34.5 Å². The molecule has 90 valence electrons. The molecule has 5 heteroatoms. The van der Waals surface area contributed by atoms with Crippen molar-refractivity contribution in [2.75, 3.05) is 0 Å². The zero-order valence-electron chi connectivity index (χ0n) is 9.15. The van der Waals surface area contributed by atoms with E-state index in [2.05, 4.69) is 4.98 Å². The molecule has 2 rings (SSSR count). The van der Waals surface area contributed by atoms with Crippen LogP contribution in [0.15, 0.2) is 23.6 Å². The number of nitrogens with zero attached hydrogens (tertiary/aromatic N) is 1. The summed E-state index contributed by atoms with van der Waals surface area (Å²) in [6, 6.07) is 5.15. The van der Waals surface area contributed by atoms with Crippen LogP contribution in [0.1, 0.15) is 22.4 Å². The summed E-state index contributed by atoms with van der Waals surface area (Å²) in [6.45, 7) is 1.94. The van der Waals surface area contributed by atoms with Crippen LogP contribution in [0.25, 0.3) is 0 Å². The van der Waals surface area contributed by atoms with Crippen LogP contribution in [0.3, 0.4) is 0 Å². The van der Waals surface area contributed by atoms with E-state index in [0.29, 0.717) is 16.5 Å². The number of benzene rings is 1. The second-order valence-corrected chi connectivity index (χ2v) is 5.63. The Bertz CT molecular complexity index is 527. The number of aliphatic hydroxyl groups excluding tert-OH is 1. The number of aromatic nitrogens is 1. The van der Waals surface area contributed by atoms with E-state index in [1.54, 1.807) is 29.5 Å². The molecular formula is C12H11Cl2NOS. The van der Waals surface area contributed by atoms with Crippen molar-refractivity contribution in [1.82, 2.24) is 4.98 Å². The minimum absolute atomic E-state index is 0.456. The van der Waals surface area contributed by atoms with Gasteiger partial charge in [-0.15, -0.1) is 11.3 Å². The number of hydrogen-bond acceptors (Lipinski definition) is 3. The summed E-state index contributed by atoms with van der Waals surface area (Å²) < 4.78 is 0. The lowest BCUT2D eigenvalue weighted by Crippen LogP contribution is -2.02. The Hall–Kier alpha value is -0.610. The van der Waals surface area contributed by atoms with E-state index in [4.69, 9.17) is 23.2 Å². The molecule has 1 heterocycles. The number of hydrogen-bond donors (Lipinski definition) is 1. The van der Waals surface area contributed by atoms with Crippen LogP contribution >= 0.6 is 34.5 Å². The number of halogens is 2. The molecule has 17 heavy (non-hydrogen) atoms. The molecule has 0 amide bonds. The topological polar surface area (TPSA) is 33.1 Å². The largest absolute Gasteiger partial charge is 0.388 e. The van der Waals surface area contributed by atoms with E-state index in [1.165, 1.54) is 0 Å². The molecule has 1 aromatic carbocycles. The van der Waals surface area contributed by atoms with E-state index in [-0.39, 0.29) is 0 Å². The van der Waals surface area contributed by atoms with Crippen LogP contribution in [-0.4, -0.2) is 10.1 Å². The third kappa shape index (κ3) is 3.19. The molecule has 1 unspecified atom stereocenters. The lowest BCUT2D eigenvalue weighted by molar-refractivity contribution is 0.177. The van der Waals surface area contributed by atoms with Crippen molar-refractivity contribution in [3.05, 3.63) is 49.9 Å². The Balaban J connectivity index is 2.14. The average molecular weight is 288 g/mol. The summed E-state index contributed by atoms with van der Waals surface area (Å²) in [5.41, 5.74) is 1.65. The van der Waals surface area contributed by atoms with E-state index in [0.717, 1.165) is 16.3 Å². The normalized spacial score (nSPS) is 12.7. The van der Waals surface area contributed by atoms with Gasteiger partial charge in [-0.3, -0.25) is 0 Å². The first-order valence-electron chi connectivity index (χ1n) is 5.10. The molecule has 0 radical (unpaired) electrons. The predicted octanol–water partition coefficient (Wildman–Crippen LogP) is 4.03. The van der Waals surface area contributed by atoms with Gasteiger partial charge in [0.15, 0.2) is 0 Å². The molecule has 2 aromatic rings. The quantitative estimate of drug-likeness (QED) is 0.924. The Labute approximate surface area is 114 Å². The maximum atomic E-state index is 10.1. The first-order valence-corrected chi connectivity index (χ1v) is 6.74. The number of aliphatic hydroxyl groups is 1. The number of rotatable bonds is 3. The Morgan fingerprint density at radius 3 is 2.71 bits per heavy atom. The van der Waals surface area contributed by atoms with Gasteiger partial charge in [-0.2, -0.15) is 0 Å². The van der Waals surface area contributed by atoms with Gasteiger partial charge in [0.25, 0.3) is 0 Å². The maximum absolute atomic E-state index is 10.1. The van der Waals surface area contributed by atoms with Crippen molar-refractivity contribution in [2.24, 2.45) is 0 Å². The molecular weight excluding hydrogens is 277 g/mol. The van der Waals surface area contributed by atoms with Crippen LogP contribution in [0.4, 0.5) is 0 Å². The molecule has 0 saturated heterocycles. The first kappa shape index (κ1) is 12.8. The van der Waals surface area contributed by atoms with Gasteiger partial charge >= 0.3 is 0 Å². The van der Waals surface area contributed by atoms with Crippen molar-refractivity contribution in [1.29, 1.82) is 0 Å². The molecule has 0 saturated carbocycles. The average Bonchev–Trinajstić information content (AvgIpc) is 2.68. The molecule has 1 atom stereocenters. The van der Waals surface area contributed by atoms with E-state index in [9.17, 15) is 5.11 Å². The van der Waals surface area contributed by atoms with Crippen LogP contribution in [0.2, 0.25) is 10.0 Å². The highest BCUT2D eigenvalue weighted by Gasteiger charge is 2.12. The molecule has 0 aliphatic rings. The van der Waals surface area contributed by atoms with Crippen molar-refractivity contribution < 1.29 is 5.11 Å². The lowest BCUT2D eigenvalue weighted by Gasteiger charge is -2.10. The monoisotopic (exact) mass is 287 g/mol. The van der Waals surface area contributed by atoms with Crippen LogP contribution in [0.5, 0.6) is 0 Å². The highest BCUT2D eigenvalue weighted by molar-refractivity contribution is 7.09. The van der Waals surface area contributed by atoms with Crippen molar-refractivity contribution in [3.63, 3.8) is 0 Å². The molecule has 1 N–H and O–H groups in total. The molecule has 0 bridgehead atoms. The summed E-state index contributed by atoms with van der Waals surface area (Å²) in [5.74, 6) is 0. The van der Waals surface area contributed by atoms with E-state index >= 15 is 0 Å². The standard InChI is InChI=1S/C12H11Cl2NOS/c1-7-15-9(6-17-7)5-12(16)8-2-3-10(13)11(14)4-8/h2-4,6,12,16H,5H2,1H3. The Morgan fingerprint density at radius 1 is 1.35 bits per heavy atom. The van der Waals surface area contributed by atoms with Gasteiger partial charge in [-0.1, -0.05) is 29.3 Å². The minimum Gasteiger partial charge on any atom is -0.388 e. The van der Waals surface area contributed by atoms with Gasteiger partial charge in [0, 0.05) is 11.8 Å². The van der Waals surface area contributed by atoms with Crippen molar-refractivity contribution in [2.45, 2.75) is 19.4 Å². The minimum atomic E-state index is -0.605. The fraction of sp³-hybridized carbons (Fsp3) is 0.250. The van der Waals surface area contributed by atoms with Gasteiger partial charge in [-0.05, 0) is 24.6 Å². The second kappa shape index (κ2) is 5.36. The smallest absolute Gasteiger partial charge is 0.0897 e. The van der Waals surface area contributed by atoms with Crippen LogP contribution in [0, 0.1) is 6.92 Å². The number of thiazole rings is 1. The second-order valence-electron chi connectivity index (χ2n) is 3.75. The van der Waals surface area contributed by atoms with Gasteiger partial charge < -0.3 is 5.11 Å². The molecule has 0 spiro atoms. The third-order valence-electron chi connectivity index (χ3n) is 2.40. The van der Waals surface area contributed by atoms with Crippen LogP contribution in [-0.2, 0) is 6.42 Å². The SMILES string of the molecule is Cc1nc(CC(O)c2ccc(Cl)c(Cl)c2)cs1. The molecule has 0 aliphatic heterocycles. The van der Waals surface area contributed by atoms with Gasteiger partial charge in [0.05, 0.1) is 26.9 Å². The van der Waals surface area contributed by atoms with Gasteiger partial charge in [0.1, 0.15) is 0 Å². The highest BCUT2D eigenvalue weighted by Crippen LogP contribution is 2.27. The molecule has 2 nitrogen and oxygen atoms in total. The number of aryl methyl sites for hydroxylation is 1. The Kier molecular flexibility index (Phi) is 4.05. The fourth-order valence-corrected chi connectivity index (χ4v) is 2.47. The summed E-state index contributed by atoms with van der Waals surface area (Å²) in [5, 5.41) is 14.0. The summed E-state index contributed by atoms with van der Waals surface area (Å²) in [6.07, 6.45) is -0.117. The Morgan fingerprint density at radius 2 is 2.12 bits per heavy atom. The first-order chi connectivity index (χ1) is 8.06. The summed E-state index contributed by atoms with van der Waals surface area (Å²) in [7, 11) is 0. The lowest BCUT2D eigenvalue weighted by atomic mass is 10.1. The zero-order chi connectivity index (χ0) is 12.4. The van der Waals surface area contributed by atoms with Gasteiger partial charge in [-0.25, -0.2) is 4.98 Å². The van der Waals surface area contributed by atoms with Crippen LogP contribution < -0.4 is 0 Å². The summed E-state index contributed by atoms with van der Waals surface area (Å²) >= 11 is 13.3. The third-order valence-corrected chi connectivity index (χ3v) is 3.96. The maximum Gasteiger partial charge on any atom is 0.0897 e. The van der Waals surface area contributed by atoms with Crippen molar-refractivity contribution in [3.8, 4) is 0 Å². The molecule has 0 fully saturated rings. The fourth-order valence-electron chi connectivity index (χ4n) is 1.54. The zero-order valence-corrected chi connectivity index (χ0v) is 11.5. The van der Waals surface area contributed by atoms with E-state index < -0.39 is 6.10 Å². The molecule has 0 aliphatic carbocycles. The van der Waals surface area contributed by atoms with Gasteiger partial charge in [0.2, 0.25) is 0 Å². The van der Waals surface area contributed by atoms with E-state index in [1.807, 2.05) is 12.3 Å². The summed E-state index contributed by atoms with van der Waals surface area (Å²) in [4.78, 5) is 4.32. The molecule has 1 aromatic heterocycles. The highest BCUT2D eigenvalue weighted by atomic mass is 35.5.